The Morgan fingerprint density at radius 3 is 2.78 bits per heavy atom. The summed E-state index contributed by atoms with van der Waals surface area (Å²) in [4.78, 5) is 22.4. The molecule has 3 rings (SSSR count). The molecule has 0 aliphatic heterocycles. The highest BCUT2D eigenvalue weighted by atomic mass is 32.1. The lowest BCUT2D eigenvalue weighted by atomic mass is 10.1. The first-order valence-electron chi connectivity index (χ1n) is 7.49. The molecule has 0 aliphatic rings. The second kappa shape index (κ2) is 5.73. The van der Waals surface area contributed by atoms with Crippen LogP contribution in [0.15, 0.2) is 24.7 Å². The van der Waals surface area contributed by atoms with Crippen molar-refractivity contribution in [2.45, 2.75) is 39.7 Å². The zero-order valence-electron chi connectivity index (χ0n) is 13.6. The number of nitrogens with zero attached hydrogens (tertiary/aromatic N) is 4. The summed E-state index contributed by atoms with van der Waals surface area (Å²) >= 11 is 1.39. The maximum Gasteiger partial charge on any atom is 0.274 e. The van der Waals surface area contributed by atoms with Crippen molar-refractivity contribution >= 4 is 23.1 Å². The quantitative estimate of drug-likeness (QED) is 0.802. The Morgan fingerprint density at radius 2 is 2.17 bits per heavy atom. The highest BCUT2D eigenvalue weighted by Crippen LogP contribution is 2.24. The Morgan fingerprint density at radius 1 is 1.39 bits per heavy atom. The minimum Gasteiger partial charge on any atom is -0.346 e. The van der Waals surface area contributed by atoms with Crippen LogP contribution >= 0.6 is 11.5 Å². The first kappa shape index (κ1) is 15.6. The molecule has 0 fully saturated rings. The van der Waals surface area contributed by atoms with E-state index >= 15 is 0 Å². The van der Waals surface area contributed by atoms with Gasteiger partial charge in [-0.25, -0.2) is 14.3 Å². The lowest BCUT2D eigenvalue weighted by Gasteiger charge is -2.19. The van der Waals surface area contributed by atoms with Gasteiger partial charge in [-0.05, 0) is 50.9 Å². The number of fused-ring (bicyclic) bond motifs is 1. The van der Waals surface area contributed by atoms with E-state index < -0.39 is 0 Å². The average molecular weight is 329 g/mol. The number of aryl methyl sites for hydroxylation is 1. The van der Waals surface area contributed by atoms with Crippen molar-refractivity contribution in [3.05, 3.63) is 36.0 Å². The third-order valence-electron chi connectivity index (χ3n) is 3.34. The Labute approximate surface area is 138 Å². The first-order valence-corrected chi connectivity index (χ1v) is 8.27. The van der Waals surface area contributed by atoms with E-state index in [9.17, 15) is 4.79 Å². The molecule has 120 valence electrons. The van der Waals surface area contributed by atoms with Crippen molar-refractivity contribution in [3.8, 4) is 10.6 Å². The number of hydrogen-bond acceptors (Lipinski definition) is 5. The maximum absolute atomic E-state index is 12.5. The predicted molar refractivity (Wildman–Crippen MR) is 90.7 cm³/mol. The van der Waals surface area contributed by atoms with E-state index in [1.165, 1.54) is 11.5 Å². The first-order chi connectivity index (χ1) is 10.9. The number of carbonyl (C=O) groups excluding carboxylic acids is 1. The molecule has 0 aliphatic carbocycles. The molecule has 0 radical (unpaired) electrons. The zero-order valence-corrected chi connectivity index (χ0v) is 14.4. The number of aromatic nitrogens is 4. The molecule has 3 aromatic rings. The number of rotatable bonds is 3. The van der Waals surface area contributed by atoms with E-state index in [0.717, 1.165) is 22.7 Å². The van der Waals surface area contributed by atoms with E-state index in [-0.39, 0.29) is 11.4 Å². The van der Waals surface area contributed by atoms with Crippen LogP contribution in [-0.2, 0) is 6.42 Å². The summed E-state index contributed by atoms with van der Waals surface area (Å²) < 4.78 is 6.00. The van der Waals surface area contributed by atoms with Crippen LogP contribution in [0.3, 0.4) is 0 Å². The van der Waals surface area contributed by atoms with E-state index in [4.69, 9.17) is 0 Å². The van der Waals surface area contributed by atoms with Gasteiger partial charge < -0.3 is 5.32 Å². The molecule has 1 amide bonds. The minimum absolute atomic E-state index is 0.212. The van der Waals surface area contributed by atoms with Gasteiger partial charge in [-0.1, -0.05) is 6.92 Å². The van der Waals surface area contributed by atoms with E-state index in [2.05, 4.69) is 26.6 Å². The molecule has 7 heteroatoms. The Bertz CT molecular complexity index is 845. The van der Waals surface area contributed by atoms with Crippen LogP contribution in [0.4, 0.5) is 0 Å². The topological polar surface area (TPSA) is 72.2 Å². The van der Waals surface area contributed by atoms with Crippen LogP contribution < -0.4 is 5.32 Å². The number of hydrogen-bond donors (Lipinski definition) is 1. The summed E-state index contributed by atoms with van der Waals surface area (Å²) in [5.41, 5.74) is 2.48. The summed E-state index contributed by atoms with van der Waals surface area (Å²) in [5.74, 6) is -0.212. The highest BCUT2D eigenvalue weighted by Gasteiger charge is 2.21. The van der Waals surface area contributed by atoms with E-state index in [1.54, 1.807) is 12.5 Å². The van der Waals surface area contributed by atoms with Crippen LogP contribution in [0.5, 0.6) is 0 Å². The predicted octanol–water partition coefficient (Wildman–Crippen LogP) is 2.94. The monoisotopic (exact) mass is 329 g/mol. The fourth-order valence-electron chi connectivity index (χ4n) is 2.34. The van der Waals surface area contributed by atoms with Crippen molar-refractivity contribution in [3.63, 3.8) is 0 Å². The molecule has 3 heterocycles. The molecule has 6 nitrogen and oxygen atoms in total. The summed E-state index contributed by atoms with van der Waals surface area (Å²) in [6.45, 7) is 7.89. The molecule has 3 aromatic heterocycles. The van der Waals surface area contributed by atoms with Crippen LogP contribution in [0, 0.1) is 0 Å². The summed E-state index contributed by atoms with van der Waals surface area (Å²) in [5, 5.41) is 2.94. The zero-order chi connectivity index (χ0) is 16.6. The van der Waals surface area contributed by atoms with Gasteiger partial charge in [0.25, 0.3) is 5.91 Å². The lowest BCUT2D eigenvalue weighted by molar-refractivity contribution is 0.0916. The van der Waals surface area contributed by atoms with Crippen molar-refractivity contribution in [2.24, 2.45) is 0 Å². The molecule has 0 saturated heterocycles. The fraction of sp³-hybridized carbons (Fsp3) is 0.375. The molecular weight excluding hydrogens is 310 g/mol. The van der Waals surface area contributed by atoms with Crippen molar-refractivity contribution in [1.82, 2.24) is 24.1 Å². The Kier molecular flexibility index (Phi) is 3.89. The van der Waals surface area contributed by atoms with E-state index in [1.807, 2.05) is 37.3 Å². The second-order valence-electron chi connectivity index (χ2n) is 6.35. The van der Waals surface area contributed by atoms with Crippen molar-refractivity contribution in [2.75, 3.05) is 0 Å². The highest BCUT2D eigenvalue weighted by molar-refractivity contribution is 7.09. The molecular formula is C16H19N5OS. The second-order valence-corrected chi connectivity index (χ2v) is 7.19. The van der Waals surface area contributed by atoms with Crippen molar-refractivity contribution < 1.29 is 4.79 Å². The fourth-order valence-corrected chi connectivity index (χ4v) is 2.89. The van der Waals surface area contributed by atoms with Gasteiger partial charge in [0, 0.05) is 17.4 Å². The summed E-state index contributed by atoms with van der Waals surface area (Å²) in [6.07, 6.45) is 4.23. The third kappa shape index (κ3) is 3.10. The van der Waals surface area contributed by atoms with Gasteiger partial charge in [-0.15, -0.1) is 0 Å². The number of imidazole rings is 1. The SMILES string of the molecule is CCc1cc(-c2ccns2)nc2c(C(=O)NC(C)(C)C)ncn12. The largest absolute Gasteiger partial charge is 0.346 e. The molecule has 23 heavy (non-hydrogen) atoms. The molecule has 0 bridgehead atoms. The third-order valence-corrected chi connectivity index (χ3v) is 4.11. The average Bonchev–Trinajstić information content (AvgIpc) is 3.13. The molecule has 0 spiro atoms. The van der Waals surface area contributed by atoms with Crippen LogP contribution in [0.2, 0.25) is 0 Å². The smallest absolute Gasteiger partial charge is 0.274 e. The number of carbonyl (C=O) groups is 1. The maximum atomic E-state index is 12.5. The minimum atomic E-state index is -0.324. The van der Waals surface area contributed by atoms with Gasteiger partial charge in [0.1, 0.15) is 6.33 Å². The number of amides is 1. The molecule has 1 N–H and O–H groups in total. The summed E-state index contributed by atoms with van der Waals surface area (Å²) in [7, 11) is 0. The van der Waals surface area contributed by atoms with Gasteiger partial charge in [0.2, 0.25) is 0 Å². The lowest BCUT2D eigenvalue weighted by Crippen LogP contribution is -2.40. The summed E-state index contributed by atoms with van der Waals surface area (Å²) in [6, 6.07) is 3.95. The normalized spacial score (nSPS) is 11.8. The molecule has 0 unspecified atom stereocenters. The van der Waals surface area contributed by atoms with Crippen molar-refractivity contribution in [1.29, 1.82) is 0 Å². The van der Waals surface area contributed by atoms with Gasteiger partial charge in [0.05, 0.1) is 10.6 Å². The van der Waals surface area contributed by atoms with Crippen LogP contribution in [0.25, 0.3) is 16.2 Å². The Balaban J connectivity index is 2.14. The van der Waals surface area contributed by atoms with Crippen LogP contribution in [0.1, 0.15) is 43.9 Å². The Hall–Kier alpha value is -2.28. The number of nitrogens with one attached hydrogen (secondary N) is 1. The molecule has 0 atom stereocenters. The molecule has 0 saturated carbocycles. The van der Waals surface area contributed by atoms with Gasteiger partial charge in [-0.3, -0.25) is 9.20 Å². The van der Waals surface area contributed by atoms with Crippen LogP contribution in [-0.4, -0.2) is 30.2 Å². The standard InChI is InChI=1S/C16H19N5OS/c1-5-10-8-11(12-6-7-18-23-12)19-14-13(17-9-21(10)14)15(22)20-16(2,3)4/h6-9H,5H2,1-4H3,(H,20,22). The van der Waals surface area contributed by atoms with Gasteiger partial charge >= 0.3 is 0 Å². The molecule has 0 aromatic carbocycles. The van der Waals surface area contributed by atoms with Gasteiger partial charge in [-0.2, -0.15) is 0 Å². The van der Waals surface area contributed by atoms with Gasteiger partial charge in [0.15, 0.2) is 11.3 Å². The van der Waals surface area contributed by atoms with E-state index in [0.29, 0.717) is 11.3 Å².